The predicted molar refractivity (Wildman–Crippen MR) is 111 cm³/mol. The van der Waals surface area contributed by atoms with Crippen molar-refractivity contribution in [2.75, 3.05) is 27.2 Å². The lowest BCUT2D eigenvalue weighted by Gasteiger charge is -2.22. The molecule has 1 fully saturated rings. The summed E-state index contributed by atoms with van der Waals surface area (Å²) in [5, 5.41) is 11.5. The molecule has 1 aliphatic rings. The van der Waals surface area contributed by atoms with Gasteiger partial charge >= 0.3 is 0 Å². The molecule has 0 aliphatic carbocycles. The third-order valence-electron chi connectivity index (χ3n) is 5.56. The smallest absolute Gasteiger partial charge is 0.123 e. The van der Waals surface area contributed by atoms with Crippen LogP contribution in [0.1, 0.15) is 11.1 Å². The molecule has 2 heterocycles. The number of likely N-dealkylation sites (tertiary alicyclic amines) is 1. The van der Waals surface area contributed by atoms with Gasteiger partial charge in [0.1, 0.15) is 5.82 Å². The number of β-amino-alcohol motifs (C(OH)–C–C–N with tert-alkyl or cyclic N) is 1. The fourth-order valence-corrected chi connectivity index (χ4v) is 4.04. The zero-order valence-electron chi connectivity index (χ0n) is 16.6. The van der Waals surface area contributed by atoms with Crippen LogP contribution in [0.25, 0.3) is 22.2 Å². The molecule has 0 bridgehead atoms. The van der Waals surface area contributed by atoms with Crippen LogP contribution < -0.4 is 0 Å². The van der Waals surface area contributed by atoms with Crippen molar-refractivity contribution in [3.8, 4) is 11.3 Å². The van der Waals surface area contributed by atoms with Gasteiger partial charge in [-0.15, -0.1) is 0 Å². The van der Waals surface area contributed by atoms with Gasteiger partial charge in [0.25, 0.3) is 0 Å². The number of hydrogen-bond acceptors (Lipinski definition) is 4. The average molecular weight is 379 g/mol. The number of fused-ring (bicyclic) bond motifs is 1. The van der Waals surface area contributed by atoms with E-state index in [1.165, 1.54) is 17.7 Å². The van der Waals surface area contributed by atoms with Crippen LogP contribution in [0.2, 0.25) is 0 Å². The molecule has 1 aliphatic heterocycles. The monoisotopic (exact) mass is 379 g/mol. The first kappa shape index (κ1) is 19.0. The van der Waals surface area contributed by atoms with Gasteiger partial charge in [-0.2, -0.15) is 0 Å². The summed E-state index contributed by atoms with van der Waals surface area (Å²) in [6.07, 6.45) is -0.361. The highest BCUT2D eigenvalue weighted by Crippen LogP contribution is 2.29. The van der Waals surface area contributed by atoms with E-state index in [9.17, 15) is 9.50 Å². The number of likely N-dealkylation sites (N-methyl/N-ethyl adjacent to an activating group) is 1. The molecule has 4 rings (SSSR count). The summed E-state index contributed by atoms with van der Waals surface area (Å²) in [6, 6.07) is 15.1. The lowest BCUT2D eigenvalue weighted by Crippen LogP contribution is -2.37. The van der Waals surface area contributed by atoms with E-state index in [2.05, 4.69) is 34.9 Å². The third kappa shape index (κ3) is 3.78. The SMILES string of the molecule is Cc1ccc2nc(-c3ccc(F)cc3)c(CN3C[C@H](O)[C@@H](N(C)C)C3)cc2c1. The minimum atomic E-state index is -0.361. The number of aliphatic hydroxyl groups is 1. The van der Waals surface area contributed by atoms with Crippen LogP contribution in [-0.2, 0) is 6.54 Å². The molecular formula is C23H26FN3O. The Balaban J connectivity index is 1.74. The normalized spacial score (nSPS) is 20.4. The van der Waals surface area contributed by atoms with Crippen LogP contribution in [0.3, 0.4) is 0 Å². The fourth-order valence-electron chi connectivity index (χ4n) is 4.04. The number of aryl methyl sites for hydroxylation is 1. The Kier molecular flexibility index (Phi) is 5.15. The van der Waals surface area contributed by atoms with E-state index >= 15 is 0 Å². The molecule has 0 amide bonds. The van der Waals surface area contributed by atoms with Gasteiger partial charge in [-0.3, -0.25) is 4.90 Å². The molecule has 3 aromatic rings. The Morgan fingerprint density at radius 3 is 2.54 bits per heavy atom. The van der Waals surface area contributed by atoms with Gasteiger partial charge in [-0.05, 0) is 69.0 Å². The van der Waals surface area contributed by atoms with Gasteiger partial charge in [-0.25, -0.2) is 9.37 Å². The predicted octanol–water partition coefficient (Wildman–Crippen LogP) is 3.46. The van der Waals surface area contributed by atoms with Crippen molar-refractivity contribution in [3.63, 3.8) is 0 Å². The standard InChI is InChI=1S/C23H26FN3O/c1-15-4-9-20-17(10-15)11-18(12-27-13-21(26(2)3)22(28)14-27)23(25-20)16-5-7-19(24)8-6-16/h4-11,21-22,28H,12-14H2,1-3H3/t21-,22-/m0/s1. The molecule has 1 N–H and O–H groups in total. The first-order valence-corrected chi connectivity index (χ1v) is 9.64. The van der Waals surface area contributed by atoms with Crippen molar-refractivity contribution < 1.29 is 9.50 Å². The molecule has 5 heteroatoms. The zero-order valence-corrected chi connectivity index (χ0v) is 16.6. The quantitative estimate of drug-likeness (QED) is 0.754. The van der Waals surface area contributed by atoms with Crippen molar-refractivity contribution in [1.29, 1.82) is 0 Å². The average Bonchev–Trinajstić information content (AvgIpc) is 3.02. The van der Waals surface area contributed by atoms with Crippen molar-refractivity contribution in [1.82, 2.24) is 14.8 Å². The van der Waals surface area contributed by atoms with Gasteiger partial charge in [0.05, 0.1) is 17.3 Å². The van der Waals surface area contributed by atoms with Crippen molar-refractivity contribution >= 4 is 10.9 Å². The summed E-state index contributed by atoms with van der Waals surface area (Å²) < 4.78 is 13.4. The van der Waals surface area contributed by atoms with Crippen LogP contribution in [0.4, 0.5) is 4.39 Å². The second-order valence-electron chi connectivity index (χ2n) is 7.99. The van der Waals surface area contributed by atoms with E-state index in [0.29, 0.717) is 13.1 Å². The molecule has 4 nitrogen and oxygen atoms in total. The molecule has 28 heavy (non-hydrogen) atoms. The van der Waals surface area contributed by atoms with E-state index in [4.69, 9.17) is 4.98 Å². The number of pyridine rings is 1. The van der Waals surface area contributed by atoms with Crippen LogP contribution >= 0.6 is 0 Å². The first-order valence-electron chi connectivity index (χ1n) is 9.64. The first-order chi connectivity index (χ1) is 13.4. The van der Waals surface area contributed by atoms with Crippen LogP contribution in [-0.4, -0.2) is 59.2 Å². The van der Waals surface area contributed by atoms with E-state index in [-0.39, 0.29) is 18.0 Å². The fraction of sp³-hybridized carbons (Fsp3) is 0.348. The van der Waals surface area contributed by atoms with E-state index < -0.39 is 0 Å². The van der Waals surface area contributed by atoms with Crippen LogP contribution in [0.15, 0.2) is 48.5 Å². The highest BCUT2D eigenvalue weighted by Gasteiger charge is 2.33. The van der Waals surface area contributed by atoms with Crippen LogP contribution in [0.5, 0.6) is 0 Å². The third-order valence-corrected chi connectivity index (χ3v) is 5.56. The molecule has 0 unspecified atom stereocenters. The van der Waals surface area contributed by atoms with Gasteiger partial charge in [0.2, 0.25) is 0 Å². The molecule has 0 saturated carbocycles. The van der Waals surface area contributed by atoms with Gasteiger partial charge in [0, 0.05) is 36.6 Å². The van der Waals surface area contributed by atoms with Crippen molar-refractivity contribution in [2.24, 2.45) is 0 Å². The largest absolute Gasteiger partial charge is 0.390 e. The summed E-state index contributed by atoms with van der Waals surface area (Å²) in [6.45, 7) is 4.22. The second-order valence-corrected chi connectivity index (χ2v) is 7.99. The Morgan fingerprint density at radius 1 is 1.11 bits per heavy atom. The number of aliphatic hydroxyl groups excluding tert-OH is 1. The molecule has 146 valence electrons. The molecule has 0 spiro atoms. The summed E-state index contributed by atoms with van der Waals surface area (Å²) in [4.78, 5) is 9.25. The minimum absolute atomic E-state index is 0.130. The lowest BCUT2D eigenvalue weighted by molar-refractivity contribution is 0.112. The lowest BCUT2D eigenvalue weighted by atomic mass is 10.0. The topological polar surface area (TPSA) is 39.6 Å². The molecular weight excluding hydrogens is 353 g/mol. The van der Waals surface area contributed by atoms with Crippen molar-refractivity contribution in [3.05, 3.63) is 65.5 Å². The molecule has 0 radical (unpaired) electrons. The van der Waals surface area contributed by atoms with Crippen LogP contribution in [0, 0.1) is 12.7 Å². The molecule has 2 aromatic carbocycles. The number of halogens is 1. The minimum Gasteiger partial charge on any atom is -0.390 e. The maximum Gasteiger partial charge on any atom is 0.123 e. The van der Waals surface area contributed by atoms with E-state index in [0.717, 1.165) is 34.3 Å². The van der Waals surface area contributed by atoms with Crippen molar-refractivity contribution in [2.45, 2.75) is 25.6 Å². The molecule has 1 aromatic heterocycles. The number of rotatable bonds is 4. The summed E-state index contributed by atoms with van der Waals surface area (Å²) in [7, 11) is 4.00. The Labute approximate surface area is 165 Å². The highest BCUT2D eigenvalue weighted by molar-refractivity contribution is 5.84. The number of aromatic nitrogens is 1. The van der Waals surface area contributed by atoms with E-state index in [1.54, 1.807) is 12.1 Å². The highest BCUT2D eigenvalue weighted by atomic mass is 19.1. The Bertz CT molecular complexity index is 987. The Morgan fingerprint density at radius 2 is 1.86 bits per heavy atom. The number of benzene rings is 2. The van der Waals surface area contributed by atoms with E-state index in [1.807, 2.05) is 20.2 Å². The number of hydrogen-bond donors (Lipinski definition) is 1. The van der Waals surface area contributed by atoms with Gasteiger partial charge < -0.3 is 10.0 Å². The maximum absolute atomic E-state index is 13.4. The number of nitrogens with zero attached hydrogens (tertiary/aromatic N) is 3. The van der Waals surface area contributed by atoms with Gasteiger partial charge in [-0.1, -0.05) is 11.6 Å². The zero-order chi connectivity index (χ0) is 19.8. The van der Waals surface area contributed by atoms with Gasteiger partial charge in [0.15, 0.2) is 0 Å². The maximum atomic E-state index is 13.4. The Hall–Kier alpha value is -2.34. The summed E-state index contributed by atoms with van der Waals surface area (Å²) in [5.74, 6) is -0.252. The molecule has 1 saturated heterocycles. The summed E-state index contributed by atoms with van der Waals surface area (Å²) >= 11 is 0. The summed E-state index contributed by atoms with van der Waals surface area (Å²) in [5.41, 5.74) is 5.00. The second kappa shape index (κ2) is 7.59. The molecule has 2 atom stereocenters.